The van der Waals surface area contributed by atoms with Gasteiger partial charge in [-0.15, -0.1) is 0 Å². The molecule has 0 aliphatic carbocycles. The summed E-state index contributed by atoms with van der Waals surface area (Å²) in [6, 6.07) is 29.1. The number of aliphatic hydroxyl groups is 2. The van der Waals surface area contributed by atoms with E-state index < -0.39 is 18.1 Å². The van der Waals surface area contributed by atoms with Gasteiger partial charge in [-0.2, -0.15) is 0 Å². The van der Waals surface area contributed by atoms with E-state index in [4.69, 9.17) is 9.47 Å². The zero-order valence-electron chi connectivity index (χ0n) is 27.3. The Bertz CT molecular complexity index is 1660. The number of likely N-dealkylation sites (N-methyl/N-ethyl adjacent to an activating group) is 1. The maximum atomic E-state index is 13.8. The lowest BCUT2D eigenvalue weighted by atomic mass is 9.98. The number of anilines is 1. The Labute approximate surface area is 276 Å². The quantitative estimate of drug-likeness (QED) is 0.190. The van der Waals surface area contributed by atoms with Gasteiger partial charge in [0.15, 0.2) is 11.9 Å². The number of aliphatic hydroxyl groups excluding tert-OH is 2. The van der Waals surface area contributed by atoms with Gasteiger partial charge >= 0.3 is 0 Å². The molecule has 4 aromatic carbocycles. The smallest absolute Gasteiger partial charge is 0.258 e. The number of benzene rings is 4. The fraction of sp³-hybridized carbons (Fsp3) is 0.316. The third-order valence-electron chi connectivity index (χ3n) is 8.50. The van der Waals surface area contributed by atoms with E-state index >= 15 is 0 Å². The van der Waals surface area contributed by atoms with Crippen LogP contribution in [0.25, 0.3) is 0 Å². The second-order valence-electron chi connectivity index (χ2n) is 12.3. The van der Waals surface area contributed by atoms with E-state index in [2.05, 4.69) is 10.2 Å². The molecule has 246 valence electrons. The van der Waals surface area contributed by atoms with Crippen LogP contribution in [-0.2, 0) is 11.3 Å². The molecule has 5 rings (SSSR count). The van der Waals surface area contributed by atoms with Crippen molar-refractivity contribution >= 4 is 17.5 Å². The molecule has 3 N–H and O–H groups in total. The van der Waals surface area contributed by atoms with Gasteiger partial charge in [0, 0.05) is 25.6 Å². The molecule has 0 radical (unpaired) electrons. The molecule has 9 heteroatoms. The minimum Gasteiger partial charge on any atom is -0.486 e. The van der Waals surface area contributed by atoms with Crippen molar-refractivity contribution in [1.29, 1.82) is 0 Å². The van der Waals surface area contributed by atoms with E-state index in [0.29, 0.717) is 30.9 Å². The van der Waals surface area contributed by atoms with Crippen molar-refractivity contribution < 1.29 is 29.3 Å². The van der Waals surface area contributed by atoms with Crippen molar-refractivity contribution in [2.75, 3.05) is 32.1 Å². The Morgan fingerprint density at radius 3 is 2.43 bits per heavy atom. The number of carbonyl (C=O) groups excluding carboxylic acids is 2. The van der Waals surface area contributed by atoms with Crippen LogP contribution >= 0.6 is 0 Å². The van der Waals surface area contributed by atoms with Gasteiger partial charge in [0.1, 0.15) is 17.6 Å². The van der Waals surface area contributed by atoms with Gasteiger partial charge in [0.05, 0.1) is 23.9 Å². The van der Waals surface area contributed by atoms with Crippen LogP contribution in [0.15, 0.2) is 97.1 Å². The van der Waals surface area contributed by atoms with E-state index in [-0.39, 0.29) is 35.8 Å². The minimum atomic E-state index is -1.41. The Morgan fingerprint density at radius 1 is 1.02 bits per heavy atom. The van der Waals surface area contributed by atoms with Crippen LogP contribution in [-0.4, -0.2) is 70.7 Å². The van der Waals surface area contributed by atoms with Gasteiger partial charge in [-0.3, -0.25) is 14.5 Å². The third-order valence-corrected chi connectivity index (χ3v) is 8.50. The number of aryl methyl sites for hydroxylation is 1. The fourth-order valence-corrected chi connectivity index (χ4v) is 5.69. The Kier molecular flexibility index (Phi) is 10.9. The fourth-order valence-electron chi connectivity index (χ4n) is 5.69. The van der Waals surface area contributed by atoms with Gasteiger partial charge in [-0.25, -0.2) is 0 Å². The van der Waals surface area contributed by atoms with Crippen LogP contribution in [0.5, 0.6) is 17.2 Å². The van der Waals surface area contributed by atoms with Gasteiger partial charge in [-0.1, -0.05) is 73.7 Å². The highest BCUT2D eigenvalue weighted by Crippen LogP contribution is 2.36. The molecule has 0 saturated carbocycles. The zero-order chi connectivity index (χ0) is 33.5. The summed E-state index contributed by atoms with van der Waals surface area (Å²) in [5.74, 6) is 0.763. The van der Waals surface area contributed by atoms with Gasteiger partial charge in [0.2, 0.25) is 0 Å². The van der Waals surface area contributed by atoms with Gasteiger partial charge in [-0.05, 0) is 67.9 Å². The normalized spacial score (nSPS) is 17.6. The van der Waals surface area contributed by atoms with E-state index in [1.807, 2.05) is 76.3 Å². The zero-order valence-corrected chi connectivity index (χ0v) is 27.3. The molecular weight excluding hydrogens is 594 g/mol. The SMILES string of the molecule is Cc1ccccc1Oc1ccc(CN(C)C[C@H]2Oc3c(NC(=O)[C@H](O)c4ccccc4)cccc3C(=O)N(C(C)CO)C[C@H]2C)cc1. The number of nitrogens with zero attached hydrogens (tertiary/aromatic N) is 2. The topological polar surface area (TPSA) is 112 Å². The molecule has 0 bridgehead atoms. The molecule has 0 aromatic heterocycles. The largest absolute Gasteiger partial charge is 0.486 e. The number of para-hydroxylation sites is 2. The highest BCUT2D eigenvalue weighted by molar-refractivity contribution is 6.02. The molecular formula is C38H43N3O6. The van der Waals surface area contributed by atoms with Crippen LogP contribution < -0.4 is 14.8 Å². The Hall–Kier alpha value is -4.70. The predicted molar refractivity (Wildman–Crippen MR) is 182 cm³/mol. The number of hydrogen-bond acceptors (Lipinski definition) is 7. The summed E-state index contributed by atoms with van der Waals surface area (Å²) in [4.78, 5) is 30.8. The summed E-state index contributed by atoms with van der Waals surface area (Å²) in [5.41, 5.74) is 3.18. The molecule has 2 amide bonds. The van der Waals surface area contributed by atoms with Crippen molar-refractivity contribution in [3.8, 4) is 17.2 Å². The van der Waals surface area contributed by atoms with Crippen LogP contribution in [0.3, 0.4) is 0 Å². The van der Waals surface area contributed by atoms with Gasteiger partial charge < -0.3 is 29.9 Å². The summed E-state index contributed by atoms with van der Waals surface area (Å²) < 4.78 is 12.7. The average molecular weight is 638 g/mol. The number of ether oxygens (including phenoxy) is 2. The van der Waals surface area contributed by atoms with Crippen molar-refractivity contribution in [3.63, 3.8) is 0 Å². The Balaban J connectivity index is 1.36. The number of rotatable bonds is 11. The lowest BCUT2D eigenvalue weighted by Gasteiger charge is -2.38. The number of carbonyl (C=O) groups is 2. The molecule has 1 heterocycles. The van der Waals surface area contributed by atoms with E-state index in [1.165, 1.54) is 0 Å². The molecule has 0 fully saturated rings. The molecule has 1 unspecified atom stereocenters. The van der Waals surface area contributed by atoms with Crippen molar-refractivity contribution in [1.82, 2.24) is 9.80 Å². The van der Waals surface area contributed by atoms with Crippen LogP contribution in [0.2, 0.25) is 0 Å². The lowest BCUT2D eigenvalue weighted by Crippen LogP contribution is -2.49. The molecule has 1 aliphatic rings. The monoisotopic (exact) mass is 637 g/mol. The van der Waals surface area contributed by atoms with E-state index in [1.54, 1.807) is 53.4 Å². The molecule has 47 heavy (non-hydrogen) atoms. The second-order valence-corrected chi connectivity index (χ2v) is 12.3. The first-order chi connectivity index (χ1) is 22.6. The van der Waals surface area contributed by atoms with Crippen LogP contribution in [0, 0.1) is 12.8 Å². The summed E-state index contributed by atoms with van der Waals surface area (Å²) >= 11 is 0. The number of nitrogens with one attached hydrogen (secondary N) is 1. The lowest BCUT2D eigenvalue weighted by molar-refractivity contribution is -0.124. The molecule has 4 aromatic rings. The predicted octanol–water partition coefficient (Wildman–Crippen LogP) is 5.81. The third kappa shape index (κ3) is 8.18. The number of amides is 2. The maximum absolute atomic E-state index is 13.8. The maximum Gasteiger partial charge on any atom is 0.258 e. The summed E-state index contributed by atoms with van der Waals surface area (Å²) in [7, 11) is 2.01. The minimum absolute atomic E-state index is 0.118. The van der Waals surface area contributed by atoms with E-state index in [9.17, 15) is 19.8 Å². The molecule has 0 saturated heterocycles. The van der Waals surface area contributed by atoms with Crippen molar-refractivity contribution in [2.45, 2.75) is 45.6 Å². The molecule has 1 aliphatic heterocycles. The molecule has 0 spiro atoms. The van der Waals surface area contributed by atoms with Crippen molar-refractivity contribution in [3.05, 3.63) is 119 Å². The second kappa shape index (κ2) is 15.3. The standard InChI is InChI=1S/C38H43N3O6/c1-25-11-8-9-16-33(25)46-30-19-17-28(18-20-30)22-40(4)23-34-26(2)21-41(27(3)24-42)38(45)31-14-10-15-32(36(31)47-34)39-37(44)35(43)29-12-6-5-7-13-29/h5-20,26-27,34-35,42-43H,21-24H2,1-4H3,(H,39,44)/t26-,27?,34-,35-/m1/s1. The molecule has 4 atom stereocenters. The van der Waals surface area contributed by atoms with Gasteiger partial charge in [0.25, 0.3) is 11.8 Å². The van der Waals surface area contributed by atoms with Crippen LogP contribution in [0.4, 0.5) is 5.69 Å². The summed E-state index contributed by atoms with van der Waals surface area (Å²) in [5, 5.41) is 23.5. The van der Waals surface area contributed by atoms with Crippen LogP contribution in [0.1, 0.15) is 47.0 Å². The molecule has 9 nitrogen and oxygen atoms in total. The van der Waals surface area contributed by atoms with Crippen molar-refractivity contribution in [2.24, 2.45) is 5.92 Å². The average Bonchev–Trinajstić information content (AvgIpc) is 3.08. The number of fused-ring (bicyclic) bond motifs is 1. The highest BCUT2D eigenvalue weighted by Gasteiger charge is 2.35. The first kappa shape index (κ1) is 33.7. The highest BCUT2D eigenvalue weighted by atomic mass is 16.5. The number of hydrogen-bond donors (Lipinski definition) is 3. The summed E-state index contributed by atoms with van der Waals surface area (Å²) in [6.07, 6.45) is -1.78. The first-order valence-electron chi connectivity index (χ1n) is 15.9. The Morgan fingerprint density at radius 2 is 1.72 bits per heavy atom. The first-order valence-corrected chi connectivity index (χ1v) is 15.9. The summed E-state index contributed by atoms with van der Waals surface area (Å²) in [6.45, 7) is 7.19. The van der Waals surface area contributed by atoms with E-state index in [0.717, 1.165) is 22.6 Å².